The number of hydrogen-bond donors (Lipinski definition) is 1. The predicted molar refractivity (Wildman–Crippen MR) is 83.3 cm³/mol. The van der Waals surface area contributed by atoms with Gasteiger partial charge in [-0.05, 0) is 12.1 Å². The van der Waals surface area contributed by atoms with Crippen LogP contribution in [0.3, 0.4) is 0 Å². The standard InChI is InChI=1S/C15H11ClFNO3S/c16-9-5-12-13(21-8-20-12)6-11(9)18-15(19)7-22-14-4-2-1-3-10(14)17/h1-6H,7-8H2,(H,18,19). The second kappa shape index (κ2) is 6.46. The first-order valence-corrected chi connectivity index (χ1v) is 7.76. The van der Waals surface area contributed by atoms with E-state index in [2.05, 4.69) is 5.32 Å². The smallest absolute Gasteiger partial charge is 0.234 e. The van der Waals surface area contributed by atoms with Gasteiger partial charge in [0.05, 0.1) is 16.5 Å². The van der Waals surface area contributed by atoms with Crippen LogP contribution in [0.25, 0.3) is 0 Å². The maximum Gasteiger partial charge on any atom is 0.234 e. The zero-order valence-electron chi connectivity index (χ0n) is 11.3. The largest absolute Gasteiger partial charge is 0.454 e. The first kappa shape index (κ1) is 15.0. The second-order valence-electron chi connectivity index (χ2n) is 4.45. The van der Waals surface area contributed by atoms with E-state index in [1.807, 2.05) is 0 Å². The maximum atomic E-state index is 13.5. The molecule has 0 saturated heterocycles. The highest BCUT2D eigenvalue weighted by molar-refractivity contribution is 8.00. The van der Waals surface area contributed by atoms with E-state index in [4.69, 9.17) is 21.1 Å². The van der Waals surface area contributed by atoms with E-state index in [0.29, 0.717) is 27.1 Å². The van der Waals surface area contributed by atoms with E-state index in [1.54, 1.807) is 30.3 Å². The van der Waals surface area contributed by atoms with Crippen LogP contribution in [0.1, 0.15) is 0 Å². The van der Waals surface area contributed by atoms with Crippen LogP contribution in [-0.4, -0.2) is 18.5 Å². The van der Waals surface area contributed by atoms with Gasteiger partial charge < -0.3 is 14.8 Å². The molecule has 1 amide bonds. The van der Waals surface area contributed by atoms with Crippen molar-refractivity contribution in [1.29, 1.82) is 0 Å². The number of halogens is 2. The second-order valence-corrected chi connectivity index (χ2v) is 5.88. The number of carbonyl (C=O) groups excluding carboxylic acids is 1. The van der Waals surface area contributed by atoms with Crippen LogP contribution in [-0.2, 0) is 4.79 Å². The summed E-state index contributed by atoms with van der Waals surface area (Å²) in [5.74, 6) is 0.520. The summed E-state index contributed by atoms with van der Waals surface area (Å²) in [6.45, 7) is 0.131. The van der Waals surface area contributed by atoms with Gasteiger partial charge in [-0.1, -0.05) is 23.7 Å². The third-order valence-corrected chi connectivity index (χ3v) is 4.29. The molecule has 1 aliphatic rings. The lowest BCUT2D eigenvalue weighted by Crippen LogP contribution is -2.14. The Morgan fingerprint density at radius 3 is 2.77 bits per heavy atom. The minimum Gasteiger partial charge on any atom is -0.454 e. The minimum atomic E-state index is -0.346. The van der Waals surface area contributed by atoms with E-state index in [9.17, 15) is 9.18 Å². The van der Waals surface area contributed by atoms with E-state index in [-0.39, 0.29) is 24.3 Å². The van der Waals surface area contributed by atoms with Crippen LogP contribution in [0.15, 0.2) is 41.3 Å². The van der Waals surface area contributed by atoms with E-state index in [0.717, 1.165) is 11.8 Å². The minimum absolute atomic E-state index is 0.0751. The molecule has 0 fully saturated rings. The molecule has 0 atom stereocenters. The molecule has 4 nitrogen and oxygen atoms in total. The summed E-state index contributed by atoms with van der Waals surface area (Å²) in [6, 6.07) is 9.50. The van der Waals surface area contributed by atoms with E-state index in [1.165, 1.54) is 6.07 Å². The number of benzene rings is 2. The Labute approximate surface area is 135 Å². The van der Waals surface area contributed by atoms with Crippen molar-refractivity contribution < 1.29 is 18.7 Å². The molecule has 0 aromatic heterocycles. The van der Waals surface area contributed by atoms with E-state index < -0.39 is 0 Å². The number of hydrogen-bond acceptors (Lipinski definition) is 4. The molecule has 22 heavy (non-hydrogen) atoms. The van der Waals surface area contributed by atoms with Crippen LogP contribution in [0.2, 0.25) is 5.02 Å². The van der Waals surface area contributed by atoms with Gasteiger partial charge in [-0.2, -0.15) is 0 Å². The Kier molecular flexibility index (Phi) is 4.40. The monoisotopic (exact) mass is 339 g/mol. The van der Waals surface area contributed by atoms with Crippen LogP contribution < -0.4 is 14.8 Å². The molecule has 0 saturated carbocycles. The van der Waals surface area contributed by atoms with Gasteiger partial charge in [0.2, 0.25) is 12.7 Å². The summed E-state index contributed by atoms with van der Waals surface area (Å²) in [5, 5.41) is 3.03. The lowest BCUT2D eigenvalue weighted by Gasteiger charge is -2.08. The third kappa shape index (κ3) is 3.28. The van der Waals surface area contributed by atoms with E-state index >= 15 is 0 Å². The first-order chi connectivity index (χ1) is 10.6. The average molecular weight is 340 g/mol. The van der Waals surface area contributed by atoms with Gasteiger partial charge in [-0.3, -0.25) is 4.79 Å². The number of anilines is 1. The molecule has 2 aromatic rings. The van der Waals surface area contributed by atoms with Crippen LogP contribution in [0.5, 0.6) is 11.5 Å². The van der Waals surface area contributed by atoms with Crippen molar-refractivity contribution in [2.24, 2.45) is 0 Å². The van der Waals surface area contributed by atoms with Crippen molar-refractivity contribution in [3.63, 3.8) is 0 Å². The van der Waals surface area contributed by atoms with Gasteiger partial charge in [0.25, 0.3) is 0 Å². The Morgan fingerprint density at radius 2 is 2.00 bits per heavy atom. The lowest BCUT2D eigenvalue weighted by molar-refractivity contribution is -0.113. The number of ether oxygens (including phenoxy) is 2. The number of carbonyl (C=O) groups is 1. The molecule has 0 spiro atoms. The Morgan fingerprint density at radius 1 is 1.27 bits per heavy atom. The first-order valence-electron chi connectivity index (χ1n) is 6.40. The summed E-state index contributed by atoms with van der Waals surface area (Å²) in [7, 11) is 0. The quantitative estimate of drug-likeness (QED) is 0.857. The molecule has 1 heterocycles. The number of amides is 1. The fourth-order valence-electron chi connectivity index (χ4n) is 1.90. The van der Waals surface area contributed by atoms with Crippen molar-refractivity contribution in [3.05, 3.63) is 47.2 Å². The van der Waals surface area contributed by atoms with Crippen LogP contribution in [0, 0.1) is 5.82 Å². The van der Waals surface area contributed by atoms with Crippen molar-refractivity contribution in [2.45, 2.75) is 4.90 Å². The SMILES string of the molecule is O=C(CSc1ccccc1F)Nc1cc2c(cc1Cl)OCO2. The average Bonchev–Trinajstić information content (AvgIpc) is 2.94. The molecular weight excluding hydrogens is 329 g/mol. The fraction of sp³-hybridized carbons (Fsp3) is 0.133. The molecule has 2 aromatic carbocycles. The number of thioether (sulfide) groups is 1. The number of rotatable bonds is 4. The summed E-state index contributed by atoms with van der Waals surface area (Å²) in [5.41, 5.74) is 0.435. The summed E-state index contributed by atoms with van der Waals surface area (Å²) in [4.78, 5) is 12.4. The fourth-order valence-corrected chi connectivity index (χ4v) is 2.84. The normalized spacial score (nSPS) is 12.3. The number of nitrogens with one attached hydrogen (secondary N) is 1. The Hall–Kier alpha value is -1.92. The highest BCUT2D eigenvalue weighted by Crippen LogP contribution is 2.39. The topological polar surface area (TPSA) is 47.6 Å². The molecule has 0 bridgehead atoms. The maximum absolute atomic E-state index is 13.5. The van der Waals surface area contributed by atoms with Gasteiger partial charge in [0.1, 0.15) is 5.82 Å². The molecule has 114 valence electrons. The zero-order valence-corrected chi connectivity index (χ0v) is 12.8. The molecule has 0 unspecified atom stereocenters. The highest BCUT2D eigenvalue weighted by atomic mass is 35.5. The molecule has 0 radical (unpaired) electrons. The van der Waals surface area contributed by atoms with Crippen molar-refractivity contribution in [3.8, 4) is 11.5 Å². The Balaban J connectivity index is 1.64. The van der Waals surface area contributed by atoms with Gasteiger partial charge in [-0.15, -0.1) is 11.8 Å². The summed E-state index contributed by atoms with van der Waals surface area (Å²) >= 11 is 7.20. The molecule has 0 aliphatic carbocycles. The van der Waals surface area contributed by atoms with Crippen molar-refractivity contribution in [1.82, 2.24) is 0 Å². The third-order valence-electron chi connectivity index (χ3n) is 2.93. The van der Waals surface area contributed by atoms with Gasteiger partial charge >= 0.3 is 0 Å². The Bertz CT molecular complexity index is 726. The van der Waals surface area contributed by atoms with Crippen molar-refractivity contribution >= 4 is 35.0 Å². The van der Waals surface area contributed by atoms with Crippen molar-refractivity contribution in [2.75, 3.05) is 17.9 Å². The molecule has 1 N–H and O–H groups in total. The molecular formula is C15H11ClFNO3S. The highest BCUT2D eigenvalue weighted by Gasteiger charge is 2.17. The zero-order chi connectivity index (χ0) is 15.5. The van der Waals surface area contributed by atoms with Crippen LogP contribution >= 0.6 is 23.4 Å². The summed E-state index contributed by atoms with van der Waals surface area (Å²) in [6.07, 6.45) is 0. The predicted octanol–water partition coefficient (Wildman–Crippen LogP) is 3.94. The van der Waals surface area contributed by atoms with Gasteiger partial charge in [-0.25, -0.2) is 4.39 Å². The van der Waals surface area contributed by atoms with Gasteiger partial charge in [0, 0.05) is 17.0 Å². The molecule has 3 rings (SSSR count). The summed E-state index contributed by atoms with van der Waals surface area (Å²) < 4.78 is 23.9. The van der Waals surface area contributed by atoms with Crippen LogP contribution in [0.4, 0.5) is 10.1 Å². The van der Waals surface area contributed by atoms with Gasteiger partial charge in [0.15, 0.2) is 11.5 Å². The molecule has 1 aliphatic heterocycles. The lowest BCUT2D eigenvalue weighted by atomic mass is 10.2. The number of fused-ring (bicyclic) bond motifs is 1. The molecule has 7 heteroatoms.